The van der Waals surface area contributed by atoms with Gasteiger partial charge in [0.15, 0.2) is 0 Å². The Labute approximate surface area is 239 Å². The average Bonchev–Trinajstić information content (AvgIpc) is 3.58. The van der Waals surface area contributed by atoms with E-state index < -0.39 is 29.6 Å². The van der Waals surface area contributed by atoms with Gasteiger partial charge >= 0.3 is 0 Å². The van der Waals surface area contributed by atoms with Gasteiger partial charge in [0.1, 0.15) is 6.04 Å². The Kier molecular flexibility index (Phi) is 10.1. The number of aliphatic hydroxyl groups excluding tert-OH is 1. The van der Waals surface area contributed by atoms with E-state index in [0.717, 1.165) is 29.0 Å². The van der Waals surface area contributed by atoms with Crippen molar-refractivity contribution >= 4 is 40.2 Å². The van der Waals surface area contributed by atoms with Crippen LogP contribution >= 0.6 is 23.4 Å². The first-order valence-corrected chi connectivity index (χ1v) is 14.7. The van der Waals surface area contributed by atoms with Gasteiger partial charge in [0.05, 0.1) is 42.0 Å². The van der Waals surface area contributed by atoms with E-state index in [-0.39, 0.29) is 18.6 Å². The fourth-order valence-corrected chi connectivity index (χ4v) is 6.54. The van der Waals surface area contributed by atoms with E-state index in [9.17, 15) is 14.7 Å². The summed E-state index contributed by atoms with van der Waals surface area (Å²) < 4.78 is 6.06. The van der Waals surface area contributed by atoms with Crippen LogP contribution in [0.1, 0.15) is 37.8 Å². The van der Waals surface area contributed by atoms with Crippen LogP contribution in [-0.4, -0.2) is 75.5 Å². The van der Waals surface area contributed by atoms with Gasteiger partial charge in [-0.05, 0) is 49.9 Å². The summed E-state index contributed by atoms with van der Waals surface area (Å²) in [6, 6.07) is 15.4. The highest BCUT2D eigenvalue weighted by molar-refractivity contribution is 8.14. The summed E-state index contributed by atoms with van der Waals surface area (Å²) in [6.45, 7) is 4.15. The zero-order valence-electron chi connectivity index (χ0n) is 22.4. The lowest BCUT2D eigenvalue weighted by molar-refractivity contribution is -0.141. The molecule has 0 aromatic heterocycles. The number of nitrogens with zero attached hydrogens (tertiary/aromatic N) is 2. The number of amides is 2. The standard InChI is InChI=1S/C29H37ClN4O4S/c1-19(31)26(36)32-25(20(2)38-16-21-8-4-3-5-9-21)28(37)34-13-7-12-24(34)27-33-29(17-35,18-39-27)15-22-10-6-11-23(30)14-22/h3-6,8-11,14,19-20,24-25,35H,7,12-13,15-18,31H2,1-2H3,(H,32,36)/t19-,20?,24?,25-,29-/m0/s1. The van der Waals surface area contributed by atoms with Crippen LogP contribution in [0.5, 0.6) is 0 Å². The quantitative estimate of drug-likeness (QED) is 0.381. The Hall–Kier alpha value is -2.43. The number of hydrogen-bond acceptors (Lipinski definition) is 7. The van der Waals surface area contributed by atoms with Crippen molar-refractivity contribution in [3.8, 4) is 0 Å². The van der Waals surface area contributed by atoms with Gasteiger partial charge < -0.3 is 25.8 Å². The number of nitrogens with one attached hydrogen (secondary N) is 1. The molecule has 39 heavy (non-hydrogen) atoms. The molecule has 0 spiro atoms. The molecule has 4 rings (SSSR count). The summed E-state index contributed by atoms with van der Waals surface area (Å²) in [5.41, 5.74) is 7.13. The van der Waals surface area contributed by atoms with Crippen LogP contribution in [0.25, 0.3) is 0 Å². The second-order valence-corrected chi connectivity index (χ2v) is 11.8. The van der Waals surface area contributed by atoms with E-state index in [2.05, 4.69) is 5.32 Å². The molecule has 2 heterocycles. The smallest absolute Gasteiger partial charge is 0.248 e. The highest BCUT2D eigenvalue weighted by Gasteiger charge is 2.43. The van der Waals surface area contributed by atoms with Crippen molar-refractivity contribution < 1.29 is 19.4 Å². The lowest BCUT2D eigenvalue weighted by Gasteiger charge is -2.32. The molecule has 210 valence electrons. The molecule has 8 nitrogen and oxygen atoms in total. The zero-order valence-corrected chi connectivity index (χ0v) is 24.0. The highest BCUT2D eigenvalue weighted by atomic mass is 35.5. The van der Waals surface area contributed by atoms with Crippen LogP contribution in [0.3, 0.4) is 0 Å². The number of aliphatic imine (C=N–C) groups is 1. The number of thioether (sulfide) groups is 1. The Bertz CT molecular complexity index is 1180. The molecule has 0 bridgehead atoms. The predicted octanol–water partition coefficient (Wildman–Crippen LogP) is 3.19. The fraction of sp³-hybridized carbons (Fsp3) is 0.483. The Morgan fingerprint density at radius 1 is 1.23 bits per heavy atom. The Morgan fingerprint density at radius 3 is 2.67 bits per heavy atom. The van der Waals surface area contributed by atoms with Crippen molar-refractivity contribution in [2.45, 2.75) is 69.5 Å². The summed E-state index contributed by atoms with van der Waals surface area (Å²) in [5, 5.41) is 14.6. The van der Waals surface area contributed by atoms with Crippen LogP contribution in [0, 0.1) is 0 Å². The first-order chi connectivity index (χ1) is 18.7. The third-order valence-corrected chi connectivity index (χ3v) is 8.75. The minimum atomic E-state index is -0.895. The van der Waals surface area contributed by atoms with Gasteiger partial charge in [-0.25, -0.2) is 0 Å². The largest absolute Gasteiger partial charge is 0.394 e. The minimum Gasteiger partial charge on any atom is -0.394 e. The summed E-state index contributed by atoms with van der Waals surface area (Å²) in [5.74, 6) is -0.00920. The third kappa shape index (κ3) is 7.41. The molecule has 2 aliphatic heterocycles. The number of benzene rings is 2. The maximum Gasteiger partial charge on any atom is 0.248 e. The van der Waals surface area contributed by atoms with Gasteiger partial charge in [-0.15, -0.1) is 11.8 Å². The second-order valence-electron chi connectivity index (χ2n) is 10.4. The van der Waals surface area contributed by atoms with E-state index in [1.54, 1.807) is 30.5 Å². The van der Waals surface area contributed by atoms with Gasteiger partial charge in [0.2, 0.25) is 11.8 Å². The van der Waals surface area contributed by atoms with Crippen molar-refractivity contribution in [2.75, 3.05) is 18.9 Å². The maximum atomic E-state index is 13.9. The van der Waals surface area contributed by atoms with Crippen molar-refractivity contribution in [3.63, 3.8) is 0 Å². The third-order valence-electron chi connectivity index (χ3n) is 7.18. The summed E-state index contributed by atoms with van der Waals surface area (Å²) in [7, 11) is 0. The first-order valence-electron chi connectivity index (χ1n) is 13.3. The lowest BCUT2D eigenvalue weighted by Crippen LogP contribution is -2.58. The molecule has 5 atom stereocenters. The number of aliphatic hydroxyl groups is 1. The molecule has 0 saturated carbocycles. The van der Waals surface area contributed by atoms with Crippen LogP contribution < -0.4 is 11.1 Å². The summed E-state index contributed by atoms with van der Waals surface area (Å²) >= 11 is 7.76. The van der Waals surface area contributed by atoms with Crippen LogP contribution in [0.15, 0.2) is 59.6 Å². The monoisotopic (exact) mass is 572 g/mol. The van der Waals surface area contributed by atoms with Gasteiger partial charge in [0.25, 0.3) is 0 Å². The molecule has 2 aliphatic rings. The fourth-order valence-electron chi connectivity index (χ4n) is 4.96. The van der Waals surface area contributed by atoms with Crippen molar-refractivity contribution in [1.29, 1.82) is 0 Å². The molecule has 2 aromatic carbocycles. The number of nitrogens with two attached hydrogens (primary N) is 1. The number of likely N-dealkylation sites (tertiary alicyclic amines) is 1. The van der Waals surface area contributed by atoms with E-state index >= 15 is 0 Å². The molecule has 2 aromatic rings. The second kappa shape index (κ2) is 13.3. The number of halogens is 1. The minimum absolute atomic E-state index is 0.103. The van der Waals surface area contributed by atoms with Gasteiger partial charge in [0, 0.05) is 23.7 Å². The average molecular weight is 573 g/mol. The van der Waals surface area contributed by atoms with Gasteiger partial charge in [-0.2, -0.15) is 0 Å². The topological polar surface area (TPSA) is 117 Å². The SMILES string of the molecule is CC(OCc1ccccc1)[C@H](NC(=O)[C@H](C)N)C(=O)N1CCCC1C1=N[C@](CO)(Cc2cccc(Cl)c2)CS1. The van der Waals surface area contributed by atoms with Crippen molar-refractivity contribution in [1.82, 2.24) is 10.2 Å². The predicted molar refractivity (Wildman–Crippen MR) is 156 cm³/mol. The first kappa shape index (κ1) is 29.6. The molecular formula is C29H37ClN4O4S. The summed E-state index contributed by atoms with van der Waals surface area (Å²) in [6.07, 6.45) is 1.56. The molecule has 10 heteroatoms. The molecule has 1 saturated heterocycles. The van der Waals surface area contributed by atoms with E-state index in [0.29, 0.717) is 30.3 Å². The van der Waals surface area contributed by atoms with E-state index in [1.807, 2.05) is 54.6 Å². The number of carbonyl (C=O) groups is 2. The molecule has 0 aliphatic carbocycles. The molecule has 4 N–H and O–H groups in total. The van der Waals surface area contributed by atoms with Crippen LogP contribution in [0.2, 0.25) is 5.02 Å². The maximum absolute atomic E-state index is 13.9. The molecule has 2 unspecified atom stereocenters. The molecule has 1 fully saturated rings. The number of carbonyl (C=O) groups excluding carboxylic acids is 2. The number of ether oxygens (including phenoxy) is 1. The zero-order chi connectivity index (χ0) is 28.0. The van der Waals surface area contributed by atoms with Crippen LogP contribution in [0.4, 0.5) is 0 Å². The van der Waals surface area contributed by atoms with Crippen LogP contribution in [-0.2, 0) is 27.4 Å². The van der Waals surface area contributed by atoms with Gasteiger partial charge in [-0.3, -0.25) is 14.6 Å². The number of hydrogen-bond donors (Lipinski definition) is 3. The summed E-state index contributed by atoms with van der Waals surface area (Å²) in [4.78, 5) is 33.3. The number of rotatable bonds is 11. The van der Waals surface area contributed by atoms with Gasteiger partial charge in [-0.1, -0.05) is 54.1 Å². The molecular weight excluding hydrogens is 536 g/mol. The molecule has 0 radical (unpaired) electrons. The van der Waals surface area contributed by atoms with E-state index in [4.69, 9.17) is 27.1 Å². The van der Waals surface area contributed by atoms with E-state index in [1.165, 1.54) is 0 Å². The Morgan fingerprint density at radius 2 is 1.97 bits per heavy atom. The van der Waals surface area contributed by atoms with Crippen molar-refractivity contribution in [3.05, 3.63) is 70.7 Å². The highest BCUT2D eigenvalue weighted by Crippen LogP contribution is 2.36. The lowest BCUT2D eigenvalue weighted by atomic mass is 9.94. The van der Waals surface area contributed by atoms with Crippen molar-refractivity contribution in [2.24, 2.45) is 10.7 Å². The molecule has 2 amide bonds. The Balaban J connectivity index is 1.52. The normalized spacial score (nSPS) is 23.3.